The Morgan fingerprint density at radius 1 is 1.25 bits per heavy atom. The summed E-state index contributed by atoms with van der Waals surface area (Å²) >= 11 is 1.27. The molecule has 32 heavy (non-hydrogen) atoms. The number of carbonyl (C=O) groups is 1. The van der Waals surface area contributed by atoms with Crippen molar-refractivity contribution in [1.29, 1.82) is 0 Å². The number of hydrazine groups is 1. The van der Waals surface area contributed by atoms with Gasteiger partial charge in [-0.05, 0) is 25.5 Å². The van der Waals surface area contributed by atoms with E-state index < -0.39 is 0 Å². The van der Waals surface area contributed by atoms with Gasteiger partial charge in [0, 0.05) is 45.0 Å². The maximum absolute atomic E-state index is 13.2. The van der Waals surface area contributed by atoms with E-state index in [9.17, 15) is 4.79 Å². The molecule has 1 aliphatic heterocycles. The van der Waals surface area contributed by atoms with Crippen LogP contribution < -0.4 is 15.3 Å². The van der Waals surface area contributed by atoms with E-state index >= 15 is 0 Å². The van der Waals surface area contributed by atoms with E-state index in [4.69, 9.17) is 5.11 Å². The third-order valence-electron chi connectivity index (χ3n) is 5.20. The molecule has 0 bridgehead atoms. The van der Waals surface area contributed by atoms with Crippen molar-refractivity contribution in [2.24, 2.45) is 0 Å². The Labute approximate surface area is 190 Å². The van der Waals surface area contributed by atoms with Gasteiger partial charge in [0.2, 0.25) is 0 Å². The highest BCUT2D eigenvalue weighted by atomic mass is 32.1. The second kappa shape index (κ2) is 9.98. The highest BCUT2D eigenvalue weighted by Crippen LogP contribution is 2.23. The quantitative estimate of drug-likeness (QED) is 0.516. The largest absolute Gasteiger partial charge is 0.395 e. The van der Waals surface area contributed by atoms with Gasteiger partial charge in [-0.3, -0.25) is 20.1 Å². The standard InChI is InChI=1S/C21H26N8O2S/c1-15-4-3-5-23-20(15)29(21(31)17-13-22-14-32-17)26-18-12-19(25-16(2)24-18)28-8-6-27(7-9-28)10-11-30/h3-5,12-14,30H,6-11H2,1-2H3,(H,24,25,26). The first-order chi connectivity index (χ1) is 15.5. The molecule has 0 spiro atoms. The van der Waals surface area contributed by atoms with Crippen molar-refractivity contribution in [3.63, 3.8) is 0 Å². The van der Waals surface area contributed by atoms with E-state index in [1.165, 1.54) is 16.3 Å². The zero-order valence-electron chi connectivity index (χ0n) is 18.1. The summed E-state index contributed by atoms with van der Waals surface area (Å²) in [5, 5.41) is 10.6. The number of piperazine rings is 1. The van der Waals surface area contributed by atoms with E-state index in [2.05, 4.69) is 35.2 Å². The number of hydrogen-bond acceptors (Lipinski definition) is 10. The third kappa shape index (κ3) is 5.01. The summed E-state index contributed by atoms with van der Waals surface area (Å²) in [6.45, 7) is 7.90. The van der Waals surface area contributed by atoms with E-state index in [0.717, 1.165) is 37.6 Å². The van der Waals surface area contributed by atoms with Crippen molar-refractivity contribution in [2.45, 2.75) is 13.8 Å². The molecule has 3 aromatic heterocycles. The van der Waals surface area contributed by atoms with Crippen molar-refractivity contribution in [1.82, 2.24) is 24.8 Å². The van der Waals surface area contributed by atoms with Gasteiger partial charge in [0.05, 0.1) is 18.3 Å². The lowest BCUT2D eigenvalue weighted by molar-refractivity contribution is 0.0995. The average Bonchev–Trinajstić information content (AvgIpc) is 3.33. The molecule has 0 aliphatic carbocycles. The van der Waals surface area contributed by atoms with Gasteiger partial charge >= 0.3 is 0 Å². The first-order valence-corrected chi connectivity index (χ1v) is 11.3. The highest BCUT2D eigenvalue weighted by Gasteiger charge is 2.24. The Bertz CT molecular complexity index is 1050. The summed E-state index contributed by atoms with van der Waals surface area (Å²) in [5.74, 6) is 2.15. The molecule has 1 fully saturated rings. The molecular weight excluding hydrogens is 428 g/mol. The normalized spacial score (nSPS) is 14.4. The minimum Gasteiger partial charge on any atom is -0.395 e. The van der Waals surface area contributed by atoms with E-state index in [-0.39, 0.29) is 12.5 Å². The fourth-order valence-electron chi connectivity index (χ4n) is 3.57. The number of β-amino-alcohol motifs (C(OH)–C–C–N with tert-alkyl or cyclic N) is 1. The molecule has 10 nitrogen and oxygen atoms in total. The second-order valence-electron chi connectivity index (χ2n) is 7.47. The first-order valence-electron chi connectivity index (χ1n) is 10.4. The second-order valence-corrected chi connectivity index (χ2v) is 8.36. The Hall–Kier alpha value is -3.15. The predicted molar refractivity (Wildman–Crippen MR) is 124 cm³/mol. The Kier molecular flexibility index (Phi) is 6.88. The van der Waals surface area contributed by atoms with Gasteiger partial charge < -0.3 is 10.0 Å². The van der Waals surface area contributed by atoms with Crippen LogP contribution in [0.4, 0.5) is 17.5 Å². The number of aromatic nitrogens is 4. The van der Waals surface area contributed by atoms with Crippen LogP contribution in [0.5, 0.6) is 0 Å². The Morgan fingerprint density at radius 3 is 2.75 bits per heavy atom. The first kappa shape index (κ1) is 22.1. The van der Waals surface area contributed by atoms with Gasteiger partial charge in [0.25, 0.3) is 5.91 Å². The number of rotatable bonds is 7. The van der Waals surface area contributed by atoms with Crippen molar-refractivity contribution < 1.29 is 9.90 Å². The van der Waals surface area contributed by atoms with Gasteiger partial charge in [0.15, 0.2) is 11.6 Å². The number of anilines is 3. The molecule has 3 aromatic rings. The van der Waals surface area contributed by atoms with Crippen LogP contribution in [-0.2, 0) is 0 Å². The van der Waals surface area contributed by atoms with Crippen LogP contribution >= 0.6 is 11.3 Å². The number of aryl methyl sites for hydroxylation is 2. The molecule has 1 amide bonds. The van der Waals surface area contributed by atoms with Gasteiger partial charge in [-0.15, -0.1) is 11.3 Å². The third-order valence-corrected chi connectivity index (χ3v) is 5.96. The van der Waals surface area contributed by atoms with Gasteiger partial charge in [-0.1, -0.05) is 6.07 Å². The topological polar surface area (TPSA) is 111 Å². The van der Waals surface area contributed by atoms with E-state index in [1.807, 2.05) is 32.0 Å². The zero-order chi connectivity index (χ0) is 22.5. The number of thiazole rings is 1. The number of amides is 1. The molecule has 0 unspecified atom stereocenters. The van der Waals surface area contributed by atoms with Crippen LogP contribution in [0, 0.1) is 13.8 Å². The van der Waals surface area contributed by atoms with Crippen molar-refractivity contribution in [3.8, 4) is 0 Å². The Morgan fingerprint density at radius 2 is 2.06 bits per heavy atom. The Balaban J connectivity index is 1.60. The summed E-state index contributed by atoms with van der Waals surface area (Å²) in [6.07, 6.45) is 3.20. The molecule has 0 radical (unpaired) electrons. The van der Waals surface area contributed by atoms with E-state index in [1.54, 1.807) is 17.9 Å². The molecule has 2 N–H and O–H groups in total. The van der Waals surface area contributed by atoms with E-state index in [0.29, 0.717) is 28.9 Å². The minimum absolute atomic E-state index is 0.164. The summed E-state index contributed by atoms with van der Waals surface area (Å²) < 4.78 is 0. The molecule has 0 aromatic carbocycles. The monoisotopic (exact) mass is 454 g/mol. The fraction of sp³-hybridized carbons (Fsp3) is 0.381. The maximum atomic E-state index is 13.2. The average molecular weight is 455 g/mol. The number of nitrogens with one attached hydrogen (secondary N) is 1. The molecular formula is C21H26N8O2S. The lowest BCUT2D eigenvalue weighted by atomic mass is 10.3. The van der Waals surface area contributed by atoms with Crippen molar-refractivity contribution in [3.05, 3.63) is 52.4 Å². The predicted octanol–water partition coefficient (Wildman–Crippen LogP) is 1.73. The zero-order valence-corrected chi connectivity index (χ0v) is 18.9. The van der Waals surface area contributed by atoms with Gasteiger partial charge in [-0.25, -0.2) is 15.0 Å². The number of hydrogen-bond donors (Lipinski definition) is 2. The fourth-order valence-corrected chi connectivity index (χ4v) is 4.12. The molecule has 0 atom stereocenters. The van der Waals surface area contributed by atoms with Crippen LogP contribution in [0.25, 0.3) is 0 Å². The molecule has 11 heteroatoms. The highest BCUT2D eigenvalue weighted by molar-refractivity contribution is 7.11. The molecule has 4 rings (SSSR count). The number of pyridine rings is 1. The van der Waals surface area contributed by atoms with Crippen LogP contribution in [0.2, 0.25) is 0 Å². The molecule has 1 saturated heterocycles. The number of aliphatic hydroxyl groups excluding tert-OH is 1. The lowest BCUT2D eigenvalue weighted by Gasteiger charge is -2.35. The maximum Gasteiger partial charge on any atom is 0.290 e. The van der Waals surface area contributed by atoms with Crippen LogP contribution in [0.3, 0.4) is 0 Å². The molecule has 0 saturated carbocycles. The van der Waals surface area contributed by atoms with Crippen LogP contribution in [0.15, 0.2) is 36.1 Å². The minimum atomic E-state index is -0.260. The summed E-state index contributed by atoms with van der Waals surface area (Å²) in [5.41, 5.74) is 5.63. The van der Waals surface area contributed by atoms with Crippen LogP contribution in [-0.4, -0.2) is 75.2 Å². The smallest absolute Gasteiger partial charge is 0.290 e. The summed E-state index contributed by atoms with van der Waals surface area (Å²) in [4.78, 5) is 35.7. The molecule has 168 valence electrons. The van der Waals surface area contributed by atoms with Crippen LogP contribution in [0.1, 0.15) is 21.1 Å². The van der Waals surface area contributed by atoms with Gasteiger partial charge in [-0.2, -0.15) is 5.01 Å². The van der Waals surface area contributed by atoms with Gasteiger partial charge in [0.1, 0.15) is 16.5 Å². The number of aliphatic hydroxyl groups is 1. The van der Waals surface area contributed by atoms with Crippen molar-refractivity contribution >= 4 is 34.7 Å². The molecule has 1 aliphatic rings. The lowest BCUT2D eigenvalue weighted by Crippen LogP contribution is -2.47. The summed E-state index contributed by atoms with van der Waals surface area (Å²) in [6, 6.07) is 5.58. The number of nitrogens with zero attached hydrogens (tertiary/aromatic N) is 7. The summed E-state index contributed by atoms with van der Waals surface area (Å²) in [7, 11) is 0. The molecule has 4 heterocycles. The van der Waals surface area contributed by atoms with Crippen molar-refractivity contribution in [2.75, 3.05) is 54.7 Å². The SMILES string of the molecule is Cc1nc(NN(C(=O)c2cncs2)c2ncccc2C)cc(N2CCN(CCO)CC2)n1. The number of carbonyl (C=O) groups excluding carboxylic acids is 1.